The molecule has 6 nitrogen and oxygen atoms in total. The van der Waals surface area contributed by atoms with Crippen molar-refractivity contribution in [1.29, 1.82) is 0 Å². The van der Waals surface area contributed by atoms with E-state index in [2.05, 4.69) is 15.6 Å². The Hall–Kier alpha value is -2.16. The molecule has 2 N–H and O–H groups in total. The highest BCUT2D eigenvalue weighted by atomic mass is 127. The molecule has 0 aliphatic heterocycles. The van der Waals surface area contributed by atoms with E-state index in [1.807, 2.05) is 56.3 Å². The predicted molar refractivity (Wildman–Crippen MR) is 124 cm³/mol. The van der Waals surface area contributed by atoms with Crippen LogP contribution in [0.1, 0.15) is 25.0 Å². The number of rotatable bonds is 9. The van der Waals surface area contributed by atoms with Gasteiger partial charge in [-0.25, -0.2) is 0 Å². The standard InChI is InChI=1S/C21H29N3O3.HI/c1-5-26-18-10-8-7-9-17(18)15-24-21(22-3)23-14-16-11-12-19(25-4)20(13-16)27-6-2;/h7-13H,5-6,14-15H2,1-4H3,(H2,22,23,24);1H. The number of halogens is 1. The molecule has 0 saturated carbocycles. The molecule has 154 valence electrons. The molecular weight excluding hydrogens is 469 g/mol. The van der Waals surface area contributed by atoms with Gasteiger partial charge in [0.05, 0.1) is 20.3 Å². The minimum atomic E-state index is 0. The van der Waals surface area contributed by atoms with Crippen LogP contribution >= 0.6 is 24.0 Å². The lowest BCUT2D eigenvalue weighted by molar-refractivity contribution is 0.310. The van der Waals surface area contributed by atoms with Gasteiger partial charge < -0.3 is 24.8 Å². The van der Waals surface area contributed by atoms with E-state index in [1.165, 1.54) is 0 Å². The van der Waals surface area contributed by atoms with E-state index < -0.39 is 0 Å². The second-order valence-electron chi connectivity index (χ2n) is 5.74. The number of benzene rings is 2. The van der Waals surface area contributed by atoms with Gasteiger partial charge in [0.1, 0.15) is 5.75 Å². The molecule has 0 aliphatic rings. The highest BCUT2D eigenvalue weighted by molar-refractivity contribution is 14.0. The molecule has 28 heavy (non-hydrogen) atoms. The van der Waals surface area contributed by atoms with Gasteiger partial charge in [0.15, 0.2) is 17.5 Å². The van der Waals surface area contributed by atoms with Crippen LogP contribution in [0.2, 0.25) is 0 Å². The van der Waals surface area contributed by atoms with E-state index in [1.54, 1.807) is 14.2 Å². The van der Waals surface area contributed by atoms with Gasteiger partial charge in [-0.3, -0.25) is 4.99 Å². The predicted octanol–water partition coefficient (Wildman–Crippen LogP) is 3.98. The maximum absolute atomic E-state index is 5.66. The SMILES string of the molecule is CCOc1ccccc1CNC(=NC)NCc1ccc(OC)c(OCC)c1.I. The molecular formula is C21H30IN3O3. The number of hydrogen-bond donors (Lipinski definition) is 2. The molecule has 0 aromatic heterocycles. The maximum Gasteiger partial charge on any atom is 0.191 e. The van der Waals surface area contributed by atoms with E-state index in [0.29, 0.717) is 26.3 Å². The van der Waals surface area contributed by atoms with E-state index in [-0.39, 0.29) is 24.0 Å². The molecule has 7 heteroatoms. The van der Waals surface area contributed by atoms with E-state index in [4.69, 9.17) is 14.2 Å². The molecule has 2 rings (SSSR count). The molecule has 2 aromatic carbocycles. The van der Waals surface area contributed by atoms with Crippen LogP contribution < -0.4 is 24.8 Å². The number of para-hydroxylation sites is 1. The Morgan fingerprint density at radius 1 is 0.893 bits per heavy atom. The smallest absolute Gasteiger partial charge is 0.191 e. The van der Waals surface area contributed by atoms with E-state index in [9.17, 15) is 0 Å². The summed E-state index contributed by atoms with van der Waals surface area (Å²) in [4.78, 5) is 4.28. The highest BCUT2D eigenvalue weighted by Crippen LogP contribution is 2.28. The van der Waals surface area contributed by atoms with Gasteiger partial charge >= 0.3 is 0 Å². The number of methoxy groups -OCH3 is 1. The number of aliphatic imine (C=N–C) groups is 1. The van der Waals surface area contributed by atoms with Crippen molar-refractivity contribution in [3.8, 4) is 17.2 Å². The van der Waals surface area contributed by atoms with E-state index >= 15 is 0 Å². The van der Waals surface area contributed by atoms with Crippen LogP contribution in [0.3, 0.4) is 0 Å². The Kier molecular flexibility index (Phi) is 11.2. The molecule has 0 radical (unpaired) electrons. The van der Waals surface area contributed by atoms with Crippen molar-refractivity contribution in [2.45, 2.75) is 26.9 Å². The number of nitrogens with zero attached hydrogens (tertiary/aromatic N) is 1. The molecule has 0 bridgehead atoms. The summed E-state index contributed by atoms with van der Waals surface area (Å²) in [6.45, 7) is 6.42. The third-order valence-electron chi connectivity index (χ3n) is 3.93. The fourth-order valence-corrected chi connectivity index (χ4v) is 2.63. The Morgan fingerprint density at radius 2 is 1.57 bits per heavy atom. The van der Waals surface area contributed by atoms with Crippen molar-refractivity contribution in [3.05, 3.63) is 53.6 Å². The normalized spacial score (nSPS) is 10.6. The lowest BCUT2D eigenvalue weighted by Crippen LogP contribution is -2.36. The molecule has 0 spiro atoms. The van der Waals surface area contributed by atoms with Gasteiger partial charge in [-0.15, -0.1) is 24.0 Å². The van der Waals surface area contributed by atoms with Crippen molar-refractivity contribution in [2.75, 3.05) is 27.4 Å². The molecule has 0 aliphatic carbocycles. The van der Waals surface area contributed by atoms with Crippen molar-refractivity contribution in [1.82, 2.24) is 10.6 Å². The molecule has 0 atom stereocenters. The summed E-state index contributed by atoms with van der Waals surface area (Å²) in [5.41, 5.74) is 2.17. The van der Waals surface area contributed by atoms with Gasteiger partial charge in [-0.2, -0.15) is 0 Å². The van der Waals surface area contributed by atoms with Crippen molar-refractivity contribution < 1.29 is 14.2 Å². The van der Waals surface area contributed by atoms with Gasteiger partial charge in [0.2, 0.25) is 0 Å². The first-order valence-corrected chi connectivity index (χ1v) is 9.16. The quantitative estimate of drug-likeness (QED) is 0.311. The fourth-order valence-electron chi connectivity index (χ4n) is 2.63. The number of nitrogens with one attached hydrogen (secondary N) is 2. The molecule has 0 heterocycles. The average molecular weight is 499 g/mol. The van der Waals surface area contributed by atoms with Crippen LogP contribution in [0, 0.1) is 0 Å². The average Bonchev–Trinajstić information content (AvgIpc) is 2.70. The largest absolute Gasteiger partial charge is 0.494 e. The number of ether oxygens (including phenoxy) is 3. The topological polar surface area (TPSA) is 64.1 Å². The van der Waals surface area contributed by atoms with Crippen molar-refractivity contribution in [3.63, 3.8) is 0 Å². The first kappa shape index (κ1) is 23.9. The maximum atomic E-state index is 5.66. The summed E-state index contributed by atoms with van der Waals surface area (Å²) >= 11 is 0. The summed E-state index contributed by atoms with van der Waals surface area (Å²) in [6.07, 6.45) is 0. The zero-order chi connectivity index (χ0) is 19.5. The summed E-state index contributed by atoms with van der Waals surface area (Å²) in [5.74, 6) is 3.08. The Labute approximate surface area is 184 Å². The minimum absolute atomic E-state index is 0. The monoisotopic (exact) mass is 499 g/mol. The van der Waals surface area contributed by atoms with Crippen LogP contribution in [-0.4, -0.2) is 33.3 Å². The van der Waals surface area contributed by atoms with Crippen LogP contribution in [-0.2, 0) is 13.1 Å². The molecule has 0 unspecified atom stereocenters. The van der Waals surface area contributed by atoms with Crippen LogP contribution in [0.15, 0.2) is 47.5 Å². The Balaban J connectivity index is 0.00000392. The number of guanidine groups is 1. The van der Waals surface area contributed by atoms with Gasteiger partial charge in [-0.1, -0.05) is 24.3 Å². The summed E-state index contributed by atoms with van der Waals surface area (Å²) in [7, 11) is 3.39. The molecule has 0 amide bonds. The number of hydrogen-bond acceptors (Lipinski definition) is 4. The first-order valence-electron chi connectivity index (χ1n) is 9.16. The van der Waals surface area contributed by atoms with Crippen LogP contribution in [0.5, 0.6) is 17.2 Å². The van der Waals surface area contributed by atoms with Crippen LogP contribution in [0.4, 0.5) is 0 Å². The van der Waals surface area contributed by atoms with E-state index in [0.717, 1.165) is 34.3 Å². The van der Waals surface area contributed by atoms with Crippen molar-refractivity contribution in [2.24, 2.45) is 4.99 Å². The zero-order valence-electron chi connectivity index (χ0n) is 17.0. The first-order chi connectivity index (χ1) is 13.2. The van der Waals surface area contributed by atoms with Crippen LogP contribution in [0.25, 0.3) is 0 Å². The summed E-state index contributed by atoms with van der Waals surface area (Å²) in [6, 6.07) is 13.9. The lowest BCUT2D eigenvalue weighted by atomic mass is 10.2. The van der Waals surface area contributed by atoms with Gasteiger partial charge in [0.25, 0.3) is 0 Å². The van der Waals surface area contributed by atoms with Crippen molar-refractivity contribution >= 4 is 29.9 Å². The van der Waals surface area contributed by atoms with Gasteiger partial charge in [-0.05, 0) is 37.6 Å². The van der Waals surface area contributed by atoms with Gasteiger partial charge in [0, 0.05) is 25.7 Å². The lowest BCUT2D eigenvalue weighted by Gasteiger charge is -2.15. The Morgan fingerprint density at radius 3 is 2.25 bits per heavy atom. The second kappa shape index (κ2) is 13.1. The molecule has 2 aromatic rings. The molecule has 0 saturated heterocycles. The minimum Gasteiger partial charge on any atom is -0.494 e. The second-order valence-corrected chi connectivity index (χ2v) is 5.74. The highest BCUT2D eigenvalue weighted by Gasteiger charge is 2.07. The third-order valence-corrected chi connectivity index (χ3v) is 3.93. The zero-order valence-corrected chi connectivity index (χ0v) is 19.3. The fraction of sp³-hybridized carbons (Fsp3) is 0.381. The summed E-state index contributed by atoms with van der Waals surface area (Å²) < 4.78 is 16.6. The Bertz CT molecular complexity index is 753. The third kappa shape index (κ3) is 7.10. The summed E-state index contributed by atoms with van der Waals surface area (Å²) in [5, 5.41) is 6.64. The molecule has 0 fully saturated rings.